The Morgan fingerprint density at radius 1 is 1.04 bits per heavy atom. The van der Waals surface area contributed by atoms with Gasteiger partial charge in [-0.1, -0.05) is 24.8 Å². The van der Waals surface area contributed by atoms with Crippen molar-refractivity contribution in [3.63, 3.8) is 0 Å². The van der Waals surface area contributed by atoms with E-state index in [9.17, 15) is 4.79 Å². The monoisotopic (exact) mass is 302 g/mol. The van der Waals surface area contributed by atoms with E-state index in [4.69, 9.17) is 4.74 Å². The molecular formula is C19H14N2O2. The largest absolute Gasteiger partial charge is 0.496 e. The highest BCUT2D eigenvalue weighted by Gasteiger charge is 2.33. The molecule has 0 saturated carbocycles. The Hall–Kier alpha value is -3.14. The molecule has 1 aliphatic heterocycles. The van der Waals surface area contributed by atoms with E-state index in [1.165, 1.54) is 0 Å². The molecule has 4 rings (SSSR count). The second-order valence-electron chi connectivity index (χ2n) is 5.32. The Kier molecular flexibility index (Phi) is 2.91. The number of hydrogen-bond donors (Lipinski definition) is 0. The van der Waals surface area contributed by atoms with Crippen molar-refractivity contribution >= 4 is 28.2 Å². The molecule has 0 fully saturated rings. The third-order valence-corrected chi connectivity index (χ3v) is 4.11. The summed E-state index contributed by atoms with van der Waals surface area (Å²) in [5, 5.41) is 0.865. The van der Waals surface area contributed by atoms with Gasteiger partial charge in [-0.05, 0) is 30.3 Å². The number of rotatable bonds is 2. The minimum absolute atomic E-state index is 0.0808. The van der Waals surface area contributed by atoms with Crippen molar-refractivity contribution in [2.24, 2.45) is 0 Å². The van der Waals surface area contributed by atoms with Crippen LogP contribution in [0.5, 0.6) is 5.75 Å². The first-order valence-electron chi connectivity index (χ1n) is 7.27. The number of aromatic nitrogens is 1. The van der Waals surface area contributed by atoms with Crippen LogP contribution in [0.3, 0.4) is 0 Å². The molecule has 0 radical (unpaired) electrons. The summed E-state index contributed by atoms with van der Waals surface area (Å²) in [6, 6.07) is 15.0. The highest BCUT2D eigenvalue weighted by Crippen LogP contribution is 2.40. The van der Waals surface area contributed by atoms with E-state index in [2.05, 4.69) is 11.6 Å². The number of amides is 1. The van der Waals surface area contributed by atoms with Crippen LogP contribution in [0.4, 0.5) is 5.69 Å². The van der Waals surface area contributed by atoms with E-state index < -0.39 is 0 Å². The Balaban J connectivity index is 1.95. The Morgan fingerprint density at radius 2 is 1.83 bits per heavy atom. The normalized spacial score (nSPS) is 13.5. The van der Waals surface area contributed by atoms with Crippen molar-refractivity contribution in [1.82, 2.24) is 4.98 Å². The van der Waals surface area contributed by atoms with Crippen molar-refractivity contribution in [3.8, 4) is 5.75 Å². The third-order valence-electron chi connectivity index (χ3n) is 4.11. The Labute approximate surface area is 133 Å². The highest BCUT2D eigenvalue weighted by molar-refractivity contribution is 6.24. The van der Waals surface area contributed by atoms with Crippen LogP contribution >= 0.6 is 0 Å². The molecule has 23 heavy (non-hydrogen) atoms. The number of nitrogens with zero attached hydrogens (tertiary/aromatic N) is 2. The number of fused-ring (bicyclic) bond motifs is 2. The van der Waals surface area contributed by atoms with Gasteiger partial charge in [-0.2, -0.15) is 0 Å². The quantitative estimate of drug-likeness (QED) is 0.721. The molecule has 1 aromatic heterocycles. The fraction of sp³-hybridized carbons (Fsp3) is 0.0526. The predicted molar refractivity (Wildman–Crippen MR) is 90.6 cm³/mol. The smallest absolute Gasteiger partial charge is 0.263 e. The molecule has 0 spiro atoms. The van der Waals surface area contributed by atoms with Crippen molar-refractivity contribution in [3.05, 3.63) is 72.4 Å². The van der Waals surface area contributed by atoms with Gasteiger partial charge in [0.2, 0.25) is 0 Å². The minimum Gasteiger partial charge on any atom is -0.496 e. The molecule has 0 atom stereocenters. The summed E-state index contributed by atoms with van der Waals surface area (Å²) < 4.78 is 5.39. The molecule has 0 aliphatic carbocycles. The second-order valence-corrected chi connectivity index (χ2v) is 5.32. The summed E-state index contributed by atoms with van der Waals surface area (Å²) in [4.78, 5) is 18.9. The van der Waals surface area contributed by atoms with E-state index in [-0.39, 0.29) is 5.91 Å². The van der Waals surface area contributed by atoms with Crippen LogP contribution in [0.2, 0.25) is 0 Å². The van der Waals surface area contributed by atoms with Crippen LogP contribution in [-0.4, -0.2) is 18.0 Å². The molecule has 0 unspecified atom stereocenters. The predicted octanol–water partition coefficient (Wildman–Crippen LogP) is 3.87. The first kappa shape index (κ1) is 13.5. The minimum atomic E-state index is -0.0808. The molecule has 1 amide bonds. The molecule has 112 valence electrons. The van der Waals surface area contributed by atoms with E-state index in [0.717, 1.165) is 16.7 Å². The zero-order valence-electron chi connectivity index (χ0n) is 12.6. The number of carbonyl (C=O) groups excluding carboxylic acids is 1. The average Bonchev–Trinajstić information content (AvgIpc) is 2.85. The summed E-state index contributed by atoms with van der Waals surface area (Å²) in [7, 11) is 1.62. The summed E-state index contributed by atoms with van der Waals surface area (Å²) in [6.45, 7) is 4.10. The van der Waals surface area contributed by atoms with Gasteiger partial charge in [0.1, 0.15) is 5.75 Å². The number of benzene rings is 2. The van der Waals surface area contributed by atoms with Crippen LogP contribution < -0.4 is 9.64 Å². The molecule has 0 saturated heterocycles. The molecule has 2 aromatic carbocycles. The van der Waals surface area contributed by atoms with Gasteiger partial charge in [0.05, 0.1) is 24.0 Å². The molecule has 0 N–H and O–H groups in total. The van der Waals surface area contributed by atoms with Gasteiger partial charge in [0.15, 0.2) is 0 Å². The number of carbonyl (C=O) groups is 1. The third kappa shape index (κ3) is 1.85. The first-order valence-corrected chi connectivity index (χ1v) is 7.27. The van der Waals surface area contributed by atoms with Crippen LogP contribution in [0.1, 0.15) is 15.9 Å². The summed E-state index contributed by atoms with van der Waals surface area (Å²) in [6.07, 6.45) is 1.71. The van der Waals surface area contributed by atoms with Gasteiger partial charge < -0.3 is 4.74 Å². The SMILES string of the molecule is C=C1c2ccccc2C(=O)N1c1ccc(OC)c2cccnc12. The lowest BCUT2D eigenvalue weighted by Gasteiger charge is -2.20. The van der Waals surface area contributed by atoms with Crippen LogP contribution in [0.25, 0.3) is 16.6 Å². The fourth-order valence-corrected chi connectivity index (χ4v) is 3.03. The molecule has 1 aliphatic rings. The van der Waals surface area contributed by atoms with E-state index in [1.807, 2.05) is 48.5 Å². The maximum atomic E-state index is 12.8. The number of pyridine rings is 1. The standard InChI is InChI=1S/C19H14N2O2/c1-12-13-6-3-4-7-14(13)19(22)21(12)16-9-10-17(23-2)15-8-5-11-20-18(15)16/h3-11H,1H2,2H3. The van der Waals surface area contributed by atoms with Gasteiger partial charge in [0, 0.05) is 22.7 Å². The lowest BCUT2D eigenvalue weighted by molar-refractivity contribution is 0.101. The average molecular weight is 302 g/mol. The van der Waals surface area contributed by atoms with Crippen molar-refractivity contribution in [1.29, 1.82) is 0 Å². The Morgan fingerprint density at radius 3 is 2.57 bits per heavy atom. The van der Waals surface area contributed by atoms with Gasteiger partial charge >= 0.3 is 0 Å². The van der Waals surface area contributed by atoms with Crippen LogP contribution in [0.15, 0.2) is 61.3 Å². The van der Waals surface area contributed by atoms with Crippen molar-refractivity contribution < 1.29 is 9.53 Å². The molecular weight excluding hydrogens is 288 g/mol. The number of methoxy groups -OCH3 is 1. The van der Waals surface area contributed by atoms with Gasteiger partial charge in [0.25, 0.3) is 5.91 Å². The first-order chi connectivity index (χ1) is 11.2. The second kappa shape index (κ2) is 4.95. The number of ether oxygens (including phenoxy) is 1. The molecule has 2 heterocycles. The summed E-state index contributed by atoms with van der Waals surface area (Å²) in [5.74, 6) is 0.648. The van der Waals surface area contributed by atoms with Crippen molar-refractivity contribution in [2.75, 3.05) is 12.0 Å². The van der Waals surface area contributed by atoms with Gasteiger partial charge in [-0.15, -0.1) is 0 Å². The molecule has 4 heteroatoms. The highest BCUT2D eigenvalue weighted by atomic mass is 16.5. The molecule has 4 nitrogen and oxygen atoms in total. The Bertz CT molecular complexity index is 927. The van der Waals surface area contributed by atoms with E-state index in [1.54, 1.807) is 18.2 Å². The fourth-order valence-electron chi connectivity index (χ4n) is 3.03. The van der Waals surface area contributed by atoms with Crippen LogP contribution in [0, 0.1) is 0 Å². The van der Waals surface area contributed by atoms with E-state index >= 15 is 0 Å². The van der Waals surface area contributed by atoms with Crippen molar-refractivity contribution in [2.45, 2.75) is 0 Å². The topological polar surface area (TPSA) is 42.4 Å². The lowest BCUT2D eigenvalue weighted by atomic mass is 10.1. The number of anilines is 1. The zero-order chi connectivity index (χ0) is 16.0. The lowest BCUT2D eigenvalue weighted by Crippen LogP contribution is -2.22. The van der Waals surface area contributed by atoms with E-state index in [0.29, 0.717) is 22.5 Å². The maximum absolute atomic E-state index is 12.8. The molecule has 0 bridgehead atoms. The molecule has 3 aromatic rings. The number of hydrogen-bond acceptors (Lipinski definition) is 3. The maximum Gasteiger partial charge on any atom is 0.263 e. The summed E-state index contributed by atoms with van der Waals surface area (Å²) >= 11 is 0. The van der Waals surface area contributed by atoms with Gasteiger partial charge in [-0.3, -0.25) is 14.7 Å². The van der Waals surface area contributed by atoms with Crippen LogP contribution in [-0.2, 0) is 0 Å². The summed E-state index contributed by atoms with van der Waals surface area (Å²) in [5.41, 5.74) is 3.62. The zero-order valence-corrected chi connectivity index (χ0v) is 12.6. The van der Waals surface area contributed by atoms with Gasteiger partial charge in [-0.25, -0.2) is 0 Å².